The molecule has 0 atom stereocenters. The van der Waals surface area contributed by atoms with Crippen LogP contribution in [0.5, 0.6) is 0 Å². The van der Waals surface area contributed by atoms with Gasteiger partial charge in [-0.2, -0.15) is 0 Å². The number of hydrogen-bond acceptors (Lipinski definition) is 4. The molecule has 0 saturated heterocycles. The second-order valence-electron chi connectivity index (χ2n) is 5.51. The summed E-state index contributed by atoms with van der Waals surface area (Å²) in [6.07, 6.45) is 0.460. The summed E-state index contributed by atoms with van der Waals surface area (Å²) in [7, 11) is -3.50. The van der Waals surface area contributed by atoms with Crippen molar-refractivity contribution >= 4 is 10.0 Å². The fraction of sp³-hybridized carbons (Fsp3) is 0.167. The van der Waals surface area contributed by atoms with Gasteiger partial charge < -0.3 is 4.52 Å². The molecule has 0 spiro atoms. The van der Waals surface area contributed by atoms with Crippen molar-refractivity contribution < 1.29 is 12.9 Å². The Balaban J connectivity index is 1.60. The maximum absolute atomic E-state index is 12.2. The van der Waals surface area contributed by atoms with E-state index in [4.69, 9.17) is 4.52 Å². The number of nitrogens with one attached hydrogen (secondary N) is 1. The van der Waals surface area contributed by atoms with Gasteiger partial charge in [0.2, 0.25) is 10.0 Å². The molecule has 5 nitrogen and oxygen atoms in total. The minimum absolute atomic E-state index is 0.261. The van der Waals surface area contributed by atoms with Crippen molar-refractivity contribution in [2.24, 2.45) is 0 Å². The van der Waals surface area contributed by atoms with Crippen LogP contribution in [0.2, 0.25) is 0 Å². The number of hydrogen-bond donors (Lipinski definition) is 1. The number of benzene rings is 2. The number of rotatable bonds is 6. The van der Waals surface area contributed by atoms with E-state index in [1.807, 2.05) is 43.3 Å². The Kier molecular flexibility index (Phi) is 4.78. The molecule has 3 aromatic rings. The molecule has 0 aliphatic carbocycles. The molecule has 1 N–H and O–H groups in total. The van der Waals surface area contributed by atoms with Crippen LogP contribution in [0.15, 0.2) is 70.1 Å². The maximum atomic E-state index is 12.2. The van der Waals surface area contributed by atoms with Crippen LogP contribution in [0.4, 0.5) is 0 Å². The summed E-state index contributed by atoms with van der Waals surface area (Å²) >= 11 is 0. The van der Waals surface area contributed by atoms with E-state index in [0.29, 0.717) is 17.9 Å². The number of aromatic nitrogens is 1. The molecular weight excluding hydrogens is 324 g/mol. The van der Waals surface area contributed by atoms with Crippen LogP contribution in [0.25, 0.3) is 11.3 Å². The second-order valence-corrected chi connectivity index (χ2v) is 7.28. The normalized spacial score (nSPS) is 11.5. The zero-order valence-electron chi connectivity index (χ0n) is 13.3. The van der Waals surface area contributed by atoms with Gasteiger partial charge in [0, 0.05) is 24.6 Å². The van der Waals surface area contributed by atoms with Crippen LogP contribution in [-0.4, -0.2) is 20.1 Å². The lowest BCUT2D eigenvalue weighted by molar-refractivity contribution is 0.423. The van der Waals surface area contributed by atoms with Crippen LogP contribution in [-0.2, 0) is 16.4 Å². The molecule has 0 unspecified atom stereocenters. The molecule has 1 heterocycles. The van der Waals surface area contributed by atoms with Gasteiger partial charge in [0.05, 0.1) is 10.6 Å². The van der Waals surface area contributed by atoms with Crippen LogP contribution in [0.3, 0.4) is 0 Å². The van der Waals surface area contributed by atoms with E-state index in [1.54, 1.807) is 24.3 Å². The minimum atomic E-state index is -3.50. The number of sulfonamides is 1. The second kappa shape index (κ2) is 6.98. The molecule has 0 saturated carbocycles. The van der Waals surface area contributed by atoms with E-state index < -0.39 is 10.0 Å². The zero-order valence-corrected chi connectivity index (χ0v) is 14.1. The van der Waals surface area contributed by atoms with E-state index in [1.165, 1.54) is 0 Å². The quantitative estimate of drug-likeness (QED) is 0.747. The SMILES string of the molecule is Cc1ccc(S(=O)(=O)NCCc2cc(-c3ccccc3)on2)cc1. The van der Waals surface area contributed by atoms with Gasteiger partial charge in [-0.1, -0.05) is 53.2 Å². The molecule has 0 amide bonds. The highest BCUT2D eigenvalue weighted by molar-refractivity contribution is 7.89. The largest absolute Gasteiger partial charge is 0.356 e. The van der Waals surface area contributed by atoms with Gasteiger partial charge in [-0.15, -0.1) is 0 Å². The maximum Gasteiger partial charge on any atom is 0.240 e. The average molecular weight is 342 g/mol. The predicted octanol–water partition coefficient (Wildman–Crippen LogP) is 3.17. The molecule has 3 rings (SSSR count). The Hall–Kier alpha value is -2.44. The van der Waals surface area contributed by atoms with Crippen molar-refractivity contribution in [2.75, 3.05) is 6.54 Å². The molecule has 0 radical (unpaired) electrons. The summed E-state index contributed by atoms with van der Waals surface area (Å²) in [6, 6.07) is 18.2. The molecule has 0 fully saturated rings. The van der Waals surface area contributed by atoms with Crippen molar-refractivity contribution in [1.29, 1.82) is 0 Å². The summed E-state index contributed by atoms with van der Waals surface area (Å²) in [6.45, 7) is 2.18. The molecule has 0 aliphatic heterocycles. The van der Waals surface area contributed by atoms with Crippen LogP contribution in [0, 0.1) is 6.92 Å². The summed E-state index contributed by atoms with van der Waals surface area (Å²) in [5, 5.41) is 3.99. The van der Waals surface area contributed by atoms with E-state index >= 15 is 0 Å². The monoisotopic (exact) mass is 342 g/mol. The highest BCUT2D eigenvalue weighted by atomic mass is 32.2. The van der Waals surface area contributed by atoms with E-state index in [0.717, 1.165) is 11.1 Å². The highest BCUT2D eigenvalue weighted by Crippen LogP contribution is 2.19. The fourth-order valence-corrected chi connectivity index (χ4v) is 3.31. The summed E-state index contributed by atoms with van der Waals surface area (Å²) in [5.74, 6) is 0.673. The Morgan fingerprint density at radius 1 is 1.04 bits per heavy atom. The summed E-state index contributed by atoms with van der Waals surface area (Å²) in [5.41, 5.74) is 2.67. The fourth-order valence-electron chi connectivity index (χ4n) is 2.28. The van der Waals surface area contributed by atoms with Crippen molar-refractivity contribution in [2.45, 2.75) is 18.2 Å². The van der Waals surface area contributed by atoms with Crippen molar-refractivity contribution in [3.63, 3.8) is 0 Å². The third-order valence-electron chi connectivity index (χ3n) is 3.62. The molecular formula is C18H18N2O3S. The van der Waals surface area contributed by atoms with Gasteiger partial charge in [0.1, 0.15) is 0 Å². The molecule has 6 heteroatoms. The lowest BCUT2D eigenvalue weighted by Crippen LogP contribution is -2.26. The van der Waals surface area contributed by atoms with Crippen molar-refractivity contribution in [3.8, 4) is 11.3 Å². The zero-order chi connectivity index (χ0) is 17.0. The first-order chi connectivity index (χ1) is 11.5. The Morgan fingerprint density at radius 3 is 2.46 bits per heavy atom. The number of nitrogens with zero attached hydrogens (tertiary/aromatic N) is 1. The Bertz CT molecular complexity index is 901. The lowest BCUT2D eigenvalue weighted by atomic mass is 10.1. The van der Waals surface area contributed by atoms with Crippen molar-refractivity contribution in [3.05, 3.63) is 71.9 Å². The van der Waals surface area contributed by atoms with Gasteiger partial charge in [0.25, 0.3) is 0 Å². The van der Waals surface area contributed by atoms with Crippen molar-refractivity contribution in [1.82, 2.24) is 9.88 Å². The first kappa shape index (κ1) is 16.4. The van der Waals surface area contributed by atoms with E-state index in [-0.39, 0.29) is 11.4 Å². The predicted molar refractivity (Wildman–Crippen MR) is 92.0 cm³/mol. The average Bonchev–Trinajstić information content (AvgIpc) is 3.05. The first-order valence-electron chi connectivity index (χ1n) is 7.62. The van der Waals surface area contributed by atoms with Gasteiger partial charge in [-0.3, -0.25) is 0 Å². The first-order valence-corrected chi connectivity index (χ1v) is 9.10. The van der Waals surface area contributed by atoms with Gasteiger partial charge in [0.15, 0.2) is 5.76 Å². The van der Waals surface area contributed by atoms with Gasteiger partial charge >= 0.3 is 0 Å². The lowest BCUT2D eigenvalue weighted by Gasteiger charge is -2.05. The topological polar surface area (TPSA) is 72.2 Å². The minimum Gasteiger partial charge on any atom is -0.356 e. The smallest absolute Gasteiger partial charge is 0.240 e. The van der Waals surface area contributed by atoms with Crippen LogP contribution in [0.1, 0.15) is 11.3 Å². The molecule has 1 aromatic heterocycles. The van der Waals surface area contributed by atoms with E-state index in [9.17, 15) is 8.42 Å². The number of aryl methyl sites for hydroxylation is 1. The Morgan fingerprint density at radius 2 is 1.75 bits per heavy atom. The van der Waals surface area contributed by atoms with Crippen LogP contribution < -0.4 is 4.72 Å². The molecule has 24 heavy (non-hydrogen) atoms. The Labute approximate surface area is 141 Å². The molecule has 2 aromatic carbocycles. The van der Waals surface area contributed by atoms with Gasteiger partial charge in [-0.05, 0) is 19.1 Å². The highest BCUT2D eigenvalue weighted by Gasteiger charge is 2.13. The van der Waals surface area contributed by atoms with Gasteiger partial charge in [-0.25, -0.2) is 13.1 Å². The third-order valence-corrected chi connectivity index (χ3v) is 5.10. The summed E-state index contributed by atoms with van der Waals surface area (Å²) < 4.78 is 32.3. The molecule has 124 valence electrons. The summed E-state index contributed by atoms with van der Waals surface area (Å²) in [4.78, 5) is 0.262. The third kappa shape index (κ3) is 3.90. The molecule has 0 aliphatic rings. The van der Waals surface area contributed by atoms with Crippen LogP contribution >= 0.6 is 0 Å². The van der Waals surface area contributed by atoms with E-state index in [2.05, 4.69) is 9.88 Å². The molecule has 0 bridgehead atoms. The standard InChI is InChI=1S/C18H18N2O3S/c1-14-7-9-17(10-8-14)24(21,22)19-12-11-16-13-18(23-20-16)15-5-3-2-4-6-15/h2-10,13,19H,11-12H2,1H3.